The van der Waals surface area contributed by atoms with Gasteiger partial charge in [-0.25, -0.2) is 0 Å². The largest absolute Gasteiger partial charge is 0.468 e. The van der Waals surface area contributed by atoms with Crippen LogP contribution in [-0.2, 0) is 19.1 Å². The molecule has 0 bridgehead atoms. The monoisotopic (exact) mass is 339 g/mol. The number of methoxy groups -OCH3 is 1. The highest BCUT2D eigenvalue weighted by molar-refractivity contribution is 6.35. The molecule has 24 heavy (non-hydrogen) atoms. The van der Waals surface area contributed by atoms with E-state index in [-0.39, 0.29) is 6.04 Å². The minimum atomic E-state index is -0.641. The summed E-state index contributed by atoms with van der Waals surface area (Å²) in [5, 5.41) is 5.25. The molecule has 0 saturated carbocycles. The fraction of sp³-hybridized carbons (Fsp3) is 0.625. The molecule has 2 heterocycles. The van der Waals surface area contributed by atoms with Gasteiger partial charge < -0.3 is 24.5 Å². The summed E-state index contributed by atoms with van der Waals surface area (Å²) in [4.78, 5) is 25.9. The van der Waals surface area contributed by atoms with E-state index in [9.17, 15) is 9.59 Å². The number of furan rings is 1. The Labute approximate surface area is 141 Å². The first-order chi connectivity index (χ1) is 11.7. The minimum Gasteiger partial charge on any atom is -0.468 e. The minimum absolute atomic E-state index is 0.117. The molecule has 1 saturated heterocycles. The van der Waals surface area contributed by atoms with Crippen molar-refractivity contribution in [3.05, 3.63) is 24.2 Å². The standard InChI is InChI=1S/C16H25N3O5/c1-22-8-3-5-17-15(20)16(21)18-12-13(14-4-2-9-24-14)19-6-10-23-11-7-19/h2,4,9,13H,3,5-8,10-12H2,1H3,(H,17,20)(H,18,21)/t13-/m0/s1. The van der Waals surface area contributed by atoms with Crippen LogP contribution in [0, 0.1) is 0 Å². The first-order valence-electron chi connectivity index (χ1n) is 8.12. The molecular formula is C16H25N3O5. The zero-order valence-electron chi connectivity index (χ0n) is 14.0. The molecule has 1 aromatic heterocycles. The van der Waals surface area contributed by atoms with Gasteiger partial charge in [-0.3, -0.25) is 14.5 Å². The second-order valence-electron chi connectivity index (χ2n) is 5.49. The SMILES string of the molecule is COCCCNC(=O)C(=O)NC[C@@H](c1ccco1)N1CCOCC1. The highest BCUT2D eigenvalue weighted by Gasteiger charge is 2.26. The highest BCUT2D eigenvalue weighted by atomic mass is 16.5. The van der Waals surface area contributed by atoms with Crippen LogP contribution < -0.4 is 10.6 Å². The third kappa shape index (κ3) is 5.63. The Balaban J connectivity index is 1.83. The summed E-state index contributed by atoms with van der Waals surface area (Å²) < 4.78 is 15.7. The summed E-state index contributed by atoms with van der Waals surface area (Å²) in [6.45, 7) is 4.05. The van der Waals surface area contributed by atoms with Crippen molar-refractivity contribution in [3.8, 4) is 0 Å². The molecule has 1 aromatic rings. The molecule has 2 N–H and O–H groups in total. The lowest BCUT2D eigenvalue weighted by molar-refractivity contribution is -0.139. The van der Waals surface area contributed by atoms with Crippen LogP contribution in [0.2, 0.25) is 0 Å². The van der Waals surface area contributed by atoms with Gasteiger partial charge >= 0.3 is 11.8 Å². The molecule has 8 nitrogen and oxygen atoms in total. The lowest BCUT2D eigenvalue weighted by Crippen LogP contribution is -2.46. The number of hydrogen-bond donors (Lipinski definition) is 2. The van der Waals surface area contributed by atoms with Gasteiger partial charge in [0.25, 0.3) is 0 Å². The molecular weight excluding hydrogens is 314 g/mol. The van der Waals surface area contributed by atoms with Gasteiger partial charge in [0.1, 0.15) is 5.76 Å². The van der Waals surface area contributed by atoms with E-state index in [0.717, 1.165) is 18.8 Å². The van der Waals surface area contributed by atoms with Crippen LogP contribution in [0.5, 0.6) is 0 Å². The molecule has 1 fully saturated rings. The Morgan fingerprint density at radius 1 is 1.29 bits per heavy atom. The zero-order valence-corrected chi connectivity index (χ0v) is 14.0. The van der Waals surface area contributed by atoms with Crippen LogP contribution in [0.25, 0.3) is 0 Å². The Morgan fingerprint density at radius 3 is 2.71 bits per heavy atom. The summed E-state index contributed by atoms with van der Waals surface area (Å²) >= 11 is 0. The average Bonchev–Trinajstić information content (AvgIpc) is 3.14. The lowest BCUT2D eigenvalue weighted by atomic mass is 10.1. The molecule has 0 unspecified atom stereocenters. The maximum absolute atomic E-state index is 11.9. The molecule has 0 radical (unpaired) electrons. The van der Waals surface area contributed by atoms with E-state index in [0.29, 0.717) is 39.3 Å². The number of rotatable bonds is 8. The normalized spacial score (nSPS) is 16.5. The van der Waals surface area contributed by atoms with Gasteiger partial charge in [0.05, 0.1) is 25.5 Å². The average molecular weight is 339 g/mol. The summed E-state index contributed by atoms with van der Waals surface area (Å²) in [6, 6.07) is 3.57. The molecule has 8 heteroatoms. The van der Waals surface area contributed by atoms with Gasteiger partial charge in [-0.15, -0.1) is 0 Å². The van der Waals surface area contributed by atoms with Crippen molar-refractivity contribution < 1.29 is 23.5 Å². The van der Waals surface area contributed by atoms with Crippen LogP contribution in [0.15, 0.2) is 22.8 Å². The maximum Gasteiger partial charge on any atom is 0.309 e. The van der Waals surface area contributed by atoms with E-state index in [1.807, 2.05) is 12.1 Å². The topological polar surface area (TPSA) is 93.0 Å². The fourth-order valence-electron chi connectivity index (χ4n) is 2.55. The van der Waals surface area contributed by atoms with Crippen LogP contribution in [-0.4, -0.2) is 69.8 Å². The van der Waals surface area contributed by atoms with E-state index in [1.165, 1.54) is 0 Å². The van der Waals surface area contributed by atoms with Crippen molar-refractivity contribution in [1.82, 2.24) is 15.5 Å². The van der Waals surface area contributed by atoms with Crippen molar-refractivity contribution >= 4 is 11.8 Å². The molecule has 2 amide bonds. The number of morpholine rings is 1. The number of amides is 2. The van der Waals surface area contributed by atoms with E-state index in [2.05, 4.69) is 15.5 Å². The Bertz CT molecular complexity index is 500. The Hall–Kier alpha value is -1.90. The Morgan fingerprint density at radius 2 is 2.04 bits per heavy atom. The molecule has 2 rings (SSSR count). The molecule has 1 aliphatic heterocycles. The number of nitrogens with zero attached hydrogens (tertiary/aromatic N) is 1. The summed E-state index contributed by atoms with van der Waals surface area (Å²) in [7, 11) is 1.59. The van der Waals surface area contributed by atoms with E-state index < -0.39 is 11.8 Å². The van der Waals surface area contributed by atoms with Gasteiger partial charge in [0, 0.05) is 39.9 Å². The highest BCUT2D eigenvalue weighted by Crippen LogP contribution is 2.21. The van der Waals surface area contributed by atoms with Gasteiger partial charge in [0.2, 0.25) is 0 Å². The van der Waals surface area contributed by atoms with E-state index in [1.54, 1.807) is 13.4 Å². The molecule has 134 valence electrons. The predicted octanol–water partition coefficient (Wildman–Crippen LogP) is -0.0782. The van der Waals surface area contributed by atoms with Crippen LogP contribution in [0.1, 0.15) is 18.2 Å². The second-order valence-corrected chi connectivity index (χ2v) is 5.49. The third-order valence-corrected chi connectivity index (χ3v) is 3.83. The molecule has 0 aliphatic carbocycles. The lowest BCUT2D eigenvalue weighted by Gasteiger charge is -2.33. The smallest absolute Gasteiger partial charge is 0.309 e. The predicted molar refractivity (Wildman–Crippen MR) is 86.4 cm³/mol. The quantitative estimate of drug-likeness (QED) is 0.508. The van der Waals surface area contributed by atoms with Gasteiger partial charge in [-0.1, -0.05) is 0 Å². The summed E-state index contributed by atoms with van der Waals surface area (Å²) in [5.74, 6) is -0.513. The number of nitrogens with one attached hydrogen (secondary N) is 2. The van der Waals surface area contributed by atoms with E-state index >= 15 is 0 Å². The number of ether oxygens (including phenoxy) is 2. The second kappa shape index (κ2) is 10.1. The molecule has 1 atom stereocenters. The molecule has 0 spiro atoms. The number of carbonyl (C=O) groups is 2. The van der Waals surface area contributed by atoms with Crippen molar-refractivity contribution in [2.45, 2.75) is 12.5 Å². The number of hydrogen-bond acceptors (Lipinski definition) is 6. The number of carbonyl (C=O) groups excluding carboxylic acids is 2. The van der Waals surface area contributed by atoms with Crippen molar-refractivity contribution in [3.63, 3.8) is 0 Å². The zero-order chi connectivity index (χ0) is 17.2. The van der Waals surface area contributed by atoms with Gasteiger partial charge in [-0.2, -0.15) is 0 Å². The van der Waals surface area contributed by atoms with Crippen LogP contribution >= 0.6 is 0 Å². The van der Waals surface area contributed by atoms with Gasteiger partial charge in [0.15, 0.2) is 0 Å². The van der Waals surface area contributed by atoms with Crippen molar-refractivity contribution in [2.75, 3.05) is 53.1 Å². The van der Waals surface area contributed by atoms with E-state index in [4.69, 9.17) is 13.9 Å². The Kier molecular flexibility index (Phi) is 7.73. The fourth-order valence-corrected chi connectivity index (χ4v) is 2.55. The molecule has 1 aliphatic rings. The summed E-state index contributed by atoms with van der Waals surface area (Å²) in [6.07, 6.45) is 2.27. The van der Waals surface area contributed by atoms with Crippen LogP contribution in [0.4, 0.5) is 0 Å². The van der Waals surface area contributed by atoms with Gasteiger partial charge in [-0.05, 0) is 18.6 Å². The van der Waals surface area contributed by atoms with Crippen molar-refractivity contribution in [2.24, 2.45) is 0 Å². The van der Waals surface area contributed by atoms with Crippen molar-refractivity contribution in [1.29, 1.82) is 0 Å². The first kappa shape index (κ1) is 18.4. The maximum atomic E-state index is 11.9. The third-order valence-electron chi connectivity index (χ3n) is 3.83. The van der Waals surface area contributed by atoms with Crippen LogP contribution in [0.3, 0.4) is 0 Å². The summed E-state index contributed by atoms with van der Waals surface area (Å²) in [5.41, 5.74) is 0. The first-order valence-corrected chi connectivity index (χ1v) is 8.12. The molecule has 0 aromatic carbocycles.